The first-order valence-corrected chi connectivity index (χ1v) is 20.3. The third kappa shape index (κ3) is 5.36. The van der Waals surface area contributed by atoms with Crippen LogP contribution in [0.25, 0.3) is 50.3 Å². The van der Waals surface area contributed by atoms with E-state index in [0.29, 0.717) is 28.8 Å². The van der Waals surface area contributed by atoms with E-state index in [4.69, 9.17) is 15.0 Å². The molecule has 3 unspecified atom stereocenters. The highest BCUT2D eigenvalue weighted by Crippen LogP contribution is 2.50. The van der Waals surface area contributed by atoms with E-state index in [1.165, 1.54) is 0 Å². The molecule has 0 spiro atoms. The predicted octanol–water partition coefficient (Wildman–Crippen LogP) is 10.2. The molecular formula is C48H38N4O2S. The molecule has 10 rings (SSSR count). The van der Waals surface area contributed by atoms with Gasteiger partial charge in [-0.05, 0) is 59.5 Å². The molecule has 5 aromatic carbocycles. The monoisotopic (exact) mass is 734 g/mol. The van der Waals surface area contributed by atoms with E-state index in [1.807, 2.05) is 104 Å². The maximum absolute atomic E-state index is 13.9. The molecule has 1 aliphatic heterocycles. The van der Waals surface area contributed by atoms with Crippen LogP contribution in [-0.4, -0.2) is 33.2 Å². The number of sulfone groups is 1. The van der Waals surface area contributed by atoms with Crippen molar-refractivity contribution in [1.29, 1.82) is 0 Å². The Kier molecular flexibility index (Phi) is 7.55. The molecule has 0 saturated carbocycles. The van der Waals surface area contributed by atoms with Gasteiger partial charge in [-0.25, -0.2) is 23.4 Å². The van der Waals surface area contributed by atoms with Crippen molar-refractivity contribution in [2.24, 2.45) is 0 Å². The fraction of sp³-hybridized carbons (Fsp3) is 0.146. The minimum absolute atomic E-state index is 0.418. The molecular weight excluding hydrogens is 697 g/mol. The van der Waals surface area contributed by atoms with Crippen molar-refractivity contribution in [3.63, 3.8) is 0 Å². The Hall–Kier alpha value is -6.18. The molecule has 0 radical (unpaired) electrons. The highest BCUT2D eigenvalue weighted by molar-refractivity contribution is 7.92. The topological polar surface area (TPSA) is 77.7 Å². The van der Waals surface area contributed by atoms with Crippen LogP contribution in [0.15, 0.2) is 169 Å². The molecule has 0 saturated heterocycles. The van der Waals surface area contributed by atoms with E-state index < -0.39 is 25.9 Å². The van der Waals surface area contributed by atoms with Gasteiger partial charge in [-0.15, -0.1) is 0 Å². The van der Waals surface area contributed by atoms with Crippen molar-refractivity contribution >= 4 is 37.3 Å². The molecule has 3 atom stereocenters. The maximum Gasteiger partial charge on any atom is 0.186 e. The first-order valence-electron chi connectivity index (χ1n) is 18.7. The van der Waals surface area contributed by atoms with E-state index in [1.54, 1.807) is 0 Å². The molecule has 55 heavy (non-hydrogen) atoms. The van der Waals surface area contributed by atoms with Crippen LogP contribution in [0.3, 0.4) is 0 Å². The first kappa shape index (κ1) is 33.4. The van der Waals surface area contributed by atoms with Crippen LogP contribution in [0.5, 0.6) is 0 Å². The molecule has 268 valence electrons. The first-order chi connectivity index (χ1) is 26.7. The Morgan fingerprint density at radius 3 is 2.16 bits per heavy atom. The van der Waals surface area contributed by atoms with Crippen LogP contribution in [0.1, 0.15) is 42.8 Å². The van der Waals surface area contributed by atoms with E-state index in [9.17, 15) is 8.42 Å². The van der Waals surface area contributed by atoms with Crippen molar-refractivity contribution in [2.45, 2.75) is 47.7 Å². The quantitative estimate of drug-likeness (QED) is 0.170. The summed E-state index contributed by atoms with van der Waals surface area (Å²) < 4.78 is 30.1. The number of aromatic nitrogens is 4. The smallest absolute Gasteiger partial charge is 0.186 e. The standard InChI is InChI=1S/C48H38N4O2S/c1-47(35-23-24-39-42(30-35)55(53,54)43-21-11-12-27-48(39,43)2)26-13-18-36(31-47)52-40-20-10-9-19-37(40)38-28-32(22-25-41(38)52)29-44-49-45(33-14-5-3-6-15-33)51-46(50-44)34-16-7-4-8-17-34/h3-25,27-28,30-31,43H,26,29H2,1-2H3. The second-order valence-corrected chi connectivity index (χ2v) is 17.3. The van der Waals surface area contributed by atoms with Gasteiger partial charge in [0, 0.05) is 44.8 Å². The van der Waals surface area contributed by atoms with Crippen LogP contribution in [0.2, 0.25) is 0 Å². The van der Waals surface area contributed by atoms with Crippen LogP contribution in [-0.2, 0) is 27.1 Å². The number of nitrogens with zero attached hydrogens (tertiary/aromatic N) is 4. The Balaban J connectivity index is 1.05. The lowest BCUT2D eigenvalue weighted by Crippen LogP contribution is -2.33. The van der Waals surface area contributed by atoms with Crippen LogP contribution >= 0.6 is 0 Å². The fourth-order valence-corrected chi connectivity index (χ4v) is 11.1. The zero-order valence-corrected chi connectivity index (χ0v) is 31.4. The van der Waals surface area contributed by atoms with Crippen molar-refractivity contribution in [3.05, 3.63) is 186 Å². The Labute approximate surface area is 320 Å². The molecule has 3 heterocycles. The molecule has 2 aromatic heterocycles. The summed E-state index contributed by atoms with van der Waals surface area (Å²) in [5, 5.41) is 1.73. The van der Waals surface area contributed by atoms with Crippen LogP contribution in [0, 0.1) is 0 Å². The lowest BCUT2D eigenvalue weighted by Gasteiger charge is -2.31. The molecule has 3 aliphatic rings. The van der Waals surface area contributed by atoms with Gasteiger partial charge >= 0.3 is 0 Å². The van der Waals surface area contributed by atoms with Gasteiger partial charge in [-0.2, -0.15) is 0 Å². The second-order valence-electron chi connectivity index (χ2n) is 15.3. The molecule has 0 N–H and O–H groups in total. The second kappa shape index (κ2) is 12.4. The lowest BCUT2D eigenvalue weighted by atomic mass is 9.73. The maximum atomic E-state index is 13.9. The van der Waals surface area contributed by atoms with E-state index in [2.05, 4.69) is 78.2 Å². The number of allylic oxidation sites excluding steroid dienone is 7. The number of para-hydroxylation sites is 1. The summed E-state index contributed by atoms with van der Waals surface area (Å²) in [6, 6.07) is 41.4. The zero-order chi connectivity index (χ0) is 37.4. The molecule has 6 nitrogen and oxygen atoms in total. The summed E-state index contributed by atoms with van der Waals surface area (Å²) in [7, 11) is -3.52. The average Bonchev–Trinajstić information content (AvgIpc) is 3.63. The SMILES string of the molecule is CC1(c2ccc3c(c2)S(=O)(=O)C2C=CC=CC32C)C=C(n2c3ccccc3c3cc(Cc4nc(-c5ccccc5)nc(-c5ccccc5)n4)ccc32)C=CC1. The van der Waals surface area contributed by atoms with E-state index in [0.717, 1.165) is 61.7 Å². The summed E-state index contributed by atoms with van der Waals surface area (Å²) in [5.74, 6) is 2.02. The van der Waals surface area contributed by atoms with Gasteiger partial charge in [0.1, 0.15) is 5.82 Å². The third-order valence-electron chi connectivity index (χ3n) is 11.7. The largest absolute Gasteiger partial charge is 0.310 e. The van der Waals surface area contributed by atoms with Gasteiger partial charge in [-0.3, -0.25) is 0 Å². The van der Waals surface area contributed by atoms with Gasteiger partial charge < -0.3 is 4.57 Å². The molecule has 7 aromatic rings. The average molecular weight is 735 g/mol. The van der Waals surface area contributed by atoms with Gasteiger partial charge in [-0.1, -0.05) is 141 Å². The Morgan fingerprint density at radius 1 is 0.727 bits per heavy atom. The van der Waals surface area contributed by atoms with Gasteiger partial charge in [0.15, 0.2) is 21.5 Å². The summed E-state index contributed by atoms with van der Waals surface area (Å²) in [4.78, 5) is 15.2. The van der Waals surface area contributed by atoms with Crippen molar-refractivity contribution in [2.75, 3.05) is 0 Å². The minimum Gasteiger partial charge on any atom is -0.310 e. The van der Waals surface area contributed by atoms with E-state index in [-0.39, 0.29) is 0 Å². The third-order valence-corrected chi connectivity index (χ3v) is 14.0. The van der Waals surface area contributed by atoms with E-state index >= 15 is 0 Å². The van der Waals surface area contributed by atoms with Gasteiger partial charge in [0.25, 0.3) is 0 Å². The fourth-order valence-electron chi connectivity index (χ4n) is 8.80. The molecule has 7 heteroatoms. The van der Waals surface area contributed by atoms with Crippen molar-refractivity contribution < 1.29 is 8.42 Å². The normalized spacial score (nSPS) is 22.1. The molecule has 0 fully saturated rings. The van der Waals surface area contributed by atoms with Crippen LogP contribution in [0.4, 0.5) is 0 Å². The summed E-state index contributed by atoms with van der Waals surface area (Å²) in [5.41, 5.74) is 7.17. The molecule has 2 aliphatic carbocycles. The number of hydrogen-bond acceptors (Lipinski definition) is 5. The number of benzene rings is 5. The minimum atomic E-state index is -3.52. The highest BCUT2D eigenvalue weighted by atomic mass is 32.2. The van der Waals surface area contributed by atoms with Crippen molar-refractivity contribution in [3.8, 4) is 22.8 Å². The van der Waals surface area contributed by atoms with Crippen molar-refractivity contribution in [1.82, 2.24) is 19.5 Å². The summed E-state index contributed by atoms with van der Waals surface area (Å²) >= 11 is 0. The number of fused-ring (bicyclic) bond motifs is 6. The highest BCUT2D eigenvalue weighted by Gasteiger charge is 2.51. The lowest BCUT2D eigenvalue weighted by molar-refractivity contribution is 0.564. The number of rotatable bonds is 6. The van der Waals surface area contributed by atoms with Crippen LogP contribution < -0.4 is 0 Å². The Bertz CT molecular complexity index is 2870. The molecule has 0 amide bonds. The summed E-state index contributed by atoms with van der Waals surface area (Å²) in [6.45, 7) is 4.24. The summed E-state index contributed by atoms with van der Waals surface area (Å²) in [6.07, 6.45) is 15.7. The Morgan fingerprint density at radius 2 is 1.42 bits per heavy atom. The van der Waals surface area contributed by atoms with Gasteiger partial charge in [0.05, 0.1) is 21.2 Å². The number of hydrogen-bond donors (Lipinski definition) is 0. The van der Waals surface area contributed by atoms with Gasteiger partial charge in [0.2, 0.25) is 0 Å². The predicted molar refractivity (Wildman–Crippen MR) is 221 cm³/mol. The zero-order valence-electron chi connectivity index (χ0n) is 30.6. The molecule has 0 bridgehead atoms.